The molecule has 1 aliphatic carbocycles. The van der Waals surface area contributed by atoms with E-state index in [1.165, 1.54) is 54.6 Å². The molecule has 0 nitrogen and oxygen atoms in total. The molecule has 0 saturated carbocycles. The summed E-state index contributed by atoms with van der Waals surface area (Å²) >= 11 is 0. The molecule has 0 aromatic heterocycles. The zero-order valence-electron chi connectivity index (χ0n) is 24.8. The molecule has 14 heteroatoms. The number of halogens is 12. The van der Waals surface area contributed by atoms with Gasteiger partial charge >= 0.3 is 24.7 Å². The molecule has 1 aliphatic rings. The molecular formula is C35H21F12P2. The van der Waals surface area contributed by atoms with Gasteiger partial charge in [0, 0.05) is 11.0 Å². The Bertz CT molecular complexity index is 1760. The van der Waals surface area contributed by atoms with Crippen LogP contribution in [0.3, 0.4) is 0 Å². The zero-order valence-corrected chi connectivity index (χ0v) is 26.6. The normalized spacial score (nSPS) is 14.8. The minimum Gasteiger partial charge on any atom is -0.166 e. The van der Waals surface area contributed by atoms with E-state index >= 15 is 0 Å². The largest absolute Gasteiger partial charge is 0.416 e. The van der Waals surface area contributed by atoms with Gasteiger partial charge in [-0.1, -0.05) is 55.5 Å². The number of benzene rings is 4. The molecule has 5 rings (SSSR count). The second kappa shape index (κ2) is 13.5. The molecule has 0 heterocycles. The van der Waals surface area contributed by atoms with E-state index in [0.29, 0.717) is 32.1 Å². The van der Waals surface area contributed by atoms with Gasteiger partial charge in [0.2, 0.25) is 0 Å². The van der Waals surface area contributed by atoms with Crippen molar-refractivity contribution < 1.29 is 52.7 Å². The van der Waals surface area contributed by atoms with Crippen molar-refractivity contribution in [2.24, 2.45) is 0 Å². The fraction of sp³-hybridized carbons (Fsp3) is 0.171. The Kier molecular flexibility index (Phi) is 10.0. The number of hydrogen-bond acceptors (Lipinski definition) is 0. The Labute approximate surface area is 275 Å². The van der Waals surface area contributed by atoms with E-state index in [4.69, 9.17) is 0 Å². The summed E-state index contributed by atoms with van der Waals surface area (Å²) in [5.41, 5.74) is -0.989. The molecule has 255 valence electrons. The minimum atomic E-state index is -4.66. The van der Waals surface area contributed by atoms with Crippen LogP contribution in [0.15, 0.2) is 120 Å². The van der Waals surface area contributed by atoms with Crippen LogP contribution in [0.4, 0.5) is 52.7 Å². The highest BCUT2D eigenvalue weighted by molar-refractivity contribution is 7.77. The van der Waals surface area contributed by atoms with Crippen LogP contribution in [0.5, 0.6) is 0 Å². The zero-order chi connectivity index (χ0) is 35.9. The first-order chi connectivity index (χ1) is 22.7. The lowest BCUT2D eigenvalue weighted by Gasteiger charge is -2.31. The molecule has 4 aromatic rings. The monoisotopic (exact) mass is 731 g/mol. The quantitative estimate of drug-likeness (QED) is 0.101. The molecule has 4 aromatic carbocycles. The highest BCUT2D eigenvalue weighted by atomic mass is 31.1. The molecule has 0 saturated heterocycles. The van der Waals surface area contributed by atoms with Gasteiger partial charge in [0.15, 0.2) is 0 Å². The van der Waals surface area contributed by atoms with Crippen LogP contribution in [-0.4, -0.2) is 5.66 Å². The highest BCUT2D eigenvalue weighted by Gasteiger charge is 2.37. The minimum absolute atomic E-state index is 0.334. The van der Waals surface area contributed by atoms with Gasteiger partial charge in [0.1, 0.15) is 0 Å². The third kappa shape index (κ3) is 8.15. The van der Waals surface area contributed by atoms with Crippen LogP contribution in [0, 0.1) is 6.08 Å². The molecule has 1 atom stereocenters. The summed E-state index contributed by atoms with van der Waals surface area (Å²) in [5.74, 6) is 0. The fourth-order valence-electron chi connectivity index (χ4n) is 5.19. The van der Waals surface area contributed by atoms with Crippen LogP contribution < -0.4 is 21.2 Å². The molecule has 0 unspecified atom stereocenters. The van der Waals surface area contributed by atoms with Crippen LogP contribution in [0.1, 0.15) is 29.2 Å². The van der Waals surface area contributed by atoms with Crippen molar-refractivity contribution in [2.75, 3.05) is 0 Å². The summed E-state index contributed by atoms with van der Waals surface area (Å²) in [5, 5.41) is 1.81. The average Bonchev–Trinajstić information content (AvgIpc) is 3.50. The first-order valence-electron chi connectivity index (χ1n) is 14.1. The maximum atomic E-state index is 13.4. The van der Waals surface area contributed by atoms with Gasteiger partial charge in [-0.25, -0.2) is 0 Å². The van der Waals surface area contributed by atoms with Gasteiger partial charge < -0.3 is 0 Å². The Morgan fingerprint density at radius 3 is 1.02 bits per heavy atom. The lowest BCUT2D eigenvalue weighted by Crippen LogP contribution is -2.24. The first-order valence-corrected chi connectivity index (χ1v) is 16.9. The van der Waals surface area contributed by atoms with Crippen LogP contribution in [0.25, 0.3) is 0 Å². The summed E-state index contributed by atoms with van der Waals surface area (Å²) in [7, 11) is -3.62. The first kappa shape index (κ1) is 36.4. The summed E-state index contributed by atoms with van der Waals surface area (Å²) < 4.78 is 161. The third-order valence-electron chi connectivity index (χ3n) is 7.57. The molecular weight excluding hydrogens is 710 g/mol. The van der Waals surface area contributed by atoms with Crippen molar-refractivity contribution in [3.05, 3.63) is 148 Å². The standard InChI is InChI=1S/C35H21F12P2/c1-21(48(26-13-5-22(6-14-26)32(36,37)38)27-15-7-23(8-16-27)33(39,40)41)30-3-2-4-31(30)49(28-17-9-24(10-18-28)34(42,43)44)29-19-11-25(12-20-29)35(45,46)47/h2,5-21H,1H3/t21-/m0/s1. The summed E-state index contributed by atoms with van der Waals surface area (Å²) in [4.78, 5) is 0. The molecule has 0 N–H and O–H groups in total. The summed E-state index contributed by atoms with van der Waals surface area (Å²) in [6.45, 7) is 1.69. The molecule has 0 bridgehead atoms. The van der Waals surface area contributed by atoms with Crippen molar-refractivity contribution in [1.82, 2.24) is 0 Å². The molecule has 49 heavy (non-hydrogen) atoms. The maximum absolute atomic E-state index is 13.4. The van der Waals surface area contributed by atoms with E-state index in [1.807, 2.05) is 0 Å². The van der Waals surface area contributed by atoms with Gasteiger partial charge in [-0.3, -0.25) is 0 Å². The predicted molar refractivity (Wildman–Crippen MR) is 166 cm³/mol. The van der Waals surface area contributed by atoms with E-state index < -0.39 is 68.5 Å². The van der Waals surface area contributed by atoms with Gasteiger partial charge in [-0.05, 0) is 103 Å². The molecule has 1 radical (unpaired) electrons. The van der Waals surface area contributed by atoms with E-state index in [1.54, 1.807) is 6.92 Å². The van der Waals surface area contributed by atoms with Gasteiger partial charge in [0.05, 0.1) is 22.3 Å². The Morgan fingerprint density at radius 2 is 0.735 bits per heavy atom. The Morgan fingerprint density at radius 1 is 0.449 bits per heavy atom. The lowest BCUT2D eigenvalue weighted by molar-refractivity contribution is -0.138. The predicted octanol–water partition coefficient (Wildman–Crippen LogP) is 10.5. The van der Waals surface area contributed by atoms with Crippen molar-refractivity contribution in [2.45, 2.75) is 37.3 Å². The van der Waals surface area contributed by atoms with E-state index in [0.717, 1.165) is 48.5 Å². The molecule has 0 fully saturated rings. The lowest BCUT2D eigenvalue weighted by atomic mass is 10.2. The summed E-state index contributed by atoms with van der Waals surface area (Å²) in [6, 6.07) is 16.7. The van der Waals surface area contributed by atoms with E-state index in [9.17, 15) is 52.7 Å². The Balaban J connectivity index is 1.61. The van der Waals surface area contributed by atoms with Crippen LogP contribution >= 0.6 is 15.8 Å². The van der Waals surface area contributed by atoms with Crippen molar-refractivity contribution in [3.8, 4) is 0 Å². The SMILES string of the molecule is C[C@@H](C1=[C]C=C=C1P(c1ccc(C(F)(F)F)cc1)c1ccc(C(F)(F)F)cc1)P(c1ccc(C(F)(F)F)cc1)c1ccc(C(F)(F)F)cc1. The number of alkyl halides is 12. The number of allylic oxidation sites excluding steroid dienone is 3. The van der Waals surface area contributed by atoms with Crippen molar-refractivity contribution in [3.63, 3.8) is 0 Å². The molecule has 0 amide bonds. The summed E-state index contributed by atoms with van der Waals surface area (Å²) in [6.07, 6.45) is -14.2. The van der Waals surface area contributed by atoms with Gasteiger partial charge in [0.25, 0.3) is 0 Å². The molecule has 0 spiro atoms. The van der Waals surface area contributed by atoms with Crippen LogP contribution in [0.2, 0.25) is 0 Å². The van der Waals surface area contributed by atoms with Crippen molar-refractivity contribution >= 4 is 37.1 Å². The number of hydrogen-bond donors (Lipinski definition) is 0. The molecule has 0 aliphatic heterocycles. The van der Waals surface area contributed by atoms with E-state index in [2.05, 4.69) is 11.8 Å². The Hall–Kier alpha value is -3.84. The van der Waals surface area contributed by atoms with Crippen molar-refractivity contribution in [1.29, 1.82) is 0 Å². The number of rotatable bonds is 7. The maximum Gasteiger partial charge on any atom is 0.416 e. The highest BCUT2D eigenvalue weighted by Crippen LogP contribution is 2.54. The topological polar surface area (TPSA) is 0 Å². The van der Waals surface area contributed by atoms with Crippen LogP contribution in [-0.2, 0) is 24.7 Å². The van der Waals surface area contributed by atoms with E-state index in [-0.39, 0.29) is 0 Å². The fourth-order valence-corrected chi connectivity index (χ4v) is 10.3. The smallest absolute Gasteiger partial charge is 0.166 e. The second-order valence-corrected chi connectivity index (χ2v) is 15.5. The third-order valence-corrected chi connectivity index (χ3v) is 12.8. The van der Waals surface area contributed by atoms with Gasteiger partial charge in [-0.15, -0.1) is 5.73 Å². The van der Waals surface area contributed by atoms with Gasteiger partial charge in [-0.2, -0.15) is 52.7 Å². The second-order valence-electron chi connectivity index (χ2n) is 10.8. The average molecular weight is 731 g/mol.